The standard InChI is InChI=1S/C28H28N4O2S2/c29-17-19-9-4-5-10-20(19)18-35-28-31-25-22-13-6-7-14-23(22)36-26(25)27(34)32(28)16-8-15-24(33)30-21-11-2-1-3-12-21/h4-7,9-10,13-14,21H,1-3,8,11-12,15-16,18H2,(H,30,33). The van der Waals surface area contributed by atoms with Gasteiger partial charge < -0.3 is 5.32 Å². The Kier molecular flexibility index (Phi) is 7.69. The number of rotatable bonds is 8. The number of nitrogens with one attached hydrogen (secondary N) is 1. The fourth-order valence-electron chi connectivity index (χ4n) is 4.80. The average Bonchev–Trinajstić information content (AvgIpc) is 3.28. The van der Waals surface area contributed by atoms with Gasteiger partial charge in [0, 0.05) is 34.8 Å². The monoisotopic (exact) mass is 516 g/mol. The van der Waals surface area contributed by atoms with E-state index in [1.807, 2.05) is 42.5 Å². The van der Waals surface area contributed by atoms with Crippen LogP contribution in [-0.4, -0.2) is 21.5 Å². The van der Waals surface area contributed by atoms with Crippen LogP contribution in [0.25, 0.3) is 20.3 Å². The lowest BCUT2D eigenvalue weighted by molar-refractivity contribution is -0.122. The average molecular weight is 517 g/mol. The van der Waals surface area contributed by atoms with Gasteiger partial charge in [-0.2, -0.15) is 5.26 Å². The minimum absolute atomic E-state index is 0.0583. The van der Waals surface area contributed by atoms with Crippen molar-refractivity contribution < 1.29 is 4.79 Å². The molecule has 0 atom stereocenters. The zero-order valence-corrected chi connectivity index (χ0v) is 21.7. The summed E-state index contributed by atoms with van der Waals surface area (Å²) in [7, 11) is 0. The molecule has 0 spiro atoms. The number of benzene rings is 2. The molecular formula is C28H28N4O2S2. The van der Waals surface area contributed by atoms with Gasteiger partial charge >= 0.3 is 0 Å². The Morgan fingerprint density at radius 3 is 2.75 bits per heavy atom. The van der Waals surface area contributed by atoms with Crippen LogP contribution in [0.3, 0.4) is 0 Å². The SMILES string of the molecule is N#Cc1ccccc1CSc1nc2c(sc3ccccc32)c(=O)n1CCCC(=O)NC1CCCCC1. The largest absolute Gasteiger partial charge is 0.353 e. The Labute approximate surface area is 218 Å². The molecule has 5 rings (SSSR count). The minimum atomic E-state index is -0.0649. The zero-order chi connectivity index (χ0) is 24.9. The highest BCUT2D eigenvalue weighted by atomic mass is 32.2. The molecule has 184 valence electrons. The van der Waals surface area contributed by atoms with Crippen LogP contribution in [-0.2, 0) is 17.1 Å². The molecule has 2 heterocycles. The molecule has 1 aliphatic carbocycles. The van der Waals surface area contributed by atoms with Crippen LogP contribution in [0.2, 0.25) is 0 Å². The van der Waals surface area contributed by atoms with Crippen LogP contribution in [0.15, 0.2) is 58.5 Å². The summed E-state index contributed by atoms with van der Waals surface area (Å²) >= 11 is 2.93. The maximum atomic E-state index is 13.6. The van der Waals surface area contributed by atoms with Crippen LogP contribution in [0.1, 0.15) is 56.1 Å². The lowest BCUT2D eigenvalue weighted by Gasteiger charge is -2.22. The summed E-state index contributed by atoms with van der Waals surface area (Å²) in [5, 5.41) is 14.2. The maximum absolute atomic E-state index is 13.6. The van der Waals surface area contributed by atoms with Crippen molar-refractivity contribution in [3.8, 4) is 6.07 Å². The van der Waals surface area contributed by atoms with E-state index in [0.717, 1.165) is 34.0 Å². The van der Waals surface area contributed by atoms with Crippen molar-refractivity contribution in [1.29, 1.82) is 5.26 Å². The number of thiophene rings is 1. The molecule has 8 heteroatoms. The molecule has 1 fully saturated rings. The number of hydrogen-bond acceptors (Lipinski definition) is 6. The Hall–Kier alpha value is -3.15. The van der Waals surface area contributed by atoms with Crippen LogP contribution < -0.4 is 10.9 Å². The summed E-state index contributed by atoms with van der Waals surface area (Å²) in [6.45, 7) is 0.427. The Morgan fingerprint density at radius 2 is 1.92 bits per heavy atom. The number of fused-ring (bicyclic) bond motifs is 3. The zero-order valence-electron chi connectivity index (χ0n) is 20.0. The van der Waals surface area contributed by atoms with E-state index in [0.29, 0.717) is 40.6 Å². The van der Waals surface area contributed by atoms with E-state index < -0.39 is 0 Å². The summed E-state index contributed by atoms with van der Waals surface area (Å²) in [5.41, 5.74) is 2.20. The second kappa shape index (κ2) is 11.3. The molecule has 1 aliphatic rings. The molecular weight excluding hydrogens is 488 g/mol. The van der Waals surface area contributed by atoms with E-state index in [1.54, 1.807) is 10.6 Å². The van der Waals surface area contributed by atoms with Gasteiger partial charge in [0.1, 0.15) is 4.70 Å². The Morgan fingerprint density at radius 1 is 1.14 bits per heavy atom. The molecule has 0 bridgehead atoms. The molecule has 0 radical (unpaired) electrons. The van der Waals surface area contributed by atoms with Crippen LogP contribution in [0.5, 0.6) is 0 Å². The third kappa shape index (κ3) is 5.32. The van der Waals surface area contributed by atoms with E-state index in [-0.39, 0.29) is 17.5 Å². The van der Waals surface area contributed by atoms with Crippen molar-refractivity contribution >= 4 is 49.3 Å². The molecule has 0 saturated heterocycles. The number of amides is 1. The van der Waals surface area contributed by atoms with Crippen LogP contribution in [0, 0.1) is 11.3 Å². The minimum Gasteiger partial charge on any atom is -0.353 e. The molecule has 1 amide bonds. The van der Waals surface area contributed by atoms with Crippen molar-refractivity contribution in [2.45, 2.75) is 68.4 Å². The number of carbonyl (C=O) groups excluding carboxylic acids is 1. The molecule has 2 aromatic carbocycles. The van der Waals surface area contributed by atoms with Crippen molar-refractivity contribution in [2.75, 3.05) is 0 Å². The fraction of sp³-hybridized carbons (Fsp3) is 0.357. The second-order valence-electron chi connectivity index (χ2n) is 9.19. The molecule has 4 aromatic rings. The third-order valence-corrected chi connectivity index (χ3v) is 8.87. The lowest BCUT2D eigenvalue weighted by Crippen LogP contribution is -2.36. The first kappa shape index (κ1) is 24.5. The topological polar surface area (TPSA) is 87.8 Å². The van der Waals surface area contributed by atoms with Gasteiger partial charge in [-0.3, -0.25) is 14.2 Å². The van der Waals surface area contributed by atoms with Crippen LogP contribution in [0.4, 0.5) is 0 Å². The Bertz CT molecular complexity index is 1500. The van der Waals surface area contributed by atoms with Gasteiger partial charge in [0.2, 0.25) is 5.91 Å². The quantitative estimate of drug-likeness (QED) is 0.229. The molecule has 0 unspecified atom stereocenters. The first-order valence-corrected chi connectivity index (χ1v) is 14.3. The summed E-state index contributed by atoms with van der Waals surface area (Å²) in [6.07, 6.45) is 6.67. The number of thioether (sulfide) groups is 1. The molecule has 1 saturated carbocycles. The fourth-order valence-corrected chi connectivity index (χ4v) is 6.92. The highest BCUT2D eigenvalue weighted by Crippen LogP contribution is 2.32. The normalized spacial score (nSPS) is 14.2. The molecule has 2 aromatic heterocycles. The number of nitrogens with zero attached hydrogens (tertiary/aromatic N) is 3. The lowest BCUT2D eigenvalue weighted by atomic mass is 9.95. The number of carbonyl (C=O) groups is 1. The van der Waals surface area contributed by atoms with Crippen molar-refractivity contribution in [3.05, 3.63) is 70.0 Å². The number of nitriles is 1. The van der Waals surface area contributed by atoms with Gasteiger partial charge in [-0.1, -0.05) is 67.4 Å². The maximum Gasteiger partial charge on any atom is 0.272 e. The molecule has 36 heavy (non-hydrogen) atoms. The predicted molar refractivity (Wildman–Crippen MR) is 146 cm³/mol. The summed E-state index contributed by atoms with van der Waals surface area (Å²) in [6, 6.07) is 18.0. The smallest absolute Gasteiger partial charge is 0.272 e. The molecule has 1 N–H and O–H groups in total. The predicted octanol–water partition coefficient (Wildman–Crippen LogP) is 6.00. The first-order valence-electron chi connectivity index (χ1n) is 12.5. The Balaban J connectivity index is 1.40. The van der Waals surface area contributed by atoms with E-state index in [9.17, 15) is 14.9 Å². The van der Waals surface area contributed by atoms with E-state index >= 15 is 0 Å². The highest BCUT2D eigenvalue weighted by Gasteiger charge is 2.18. The van der Waals surface area contributed by atoms with Crippen molar-refractivity contribution in [1.82, 2.24) is 14.9 Å². The van der Waals surface area contributed by atoms with Gasteiger partial charge in [0.25, 0.3) is 5.56 Å². The van der Waals surface area contributed by atoms with Gasteiger partial charge in [-0.15, -0.1) is 11.3 Å². The van der Waals surface area contributed by atoms with Crippen LogP contribution >= 0.6 is 23.1 Å². The van der Waals surface area contributed by atoms with Crippen molar-refractivity contribution in [3.63, 3.8) is 0 Å². The van der Waals surface area contributed by atoms with E-state index in [4.69, 9.17) is 4.98 Å². The third-order valence-electron chi connectivity index (χ3n) is 6.70. The van der Waals surface area contributed by atoms with Gasteiger partial charge in [0.05, 0.1) is 17.1 Å². The van der Waals surface area contributed by atoms with E-state index in [2.05, 4.69) is 11.4 Å². The number of aromatic nitrogens is 2. The van der Waals surface area contributed by atoms with Gasteiger partial charge in [0.15, 0.2) is 5.16 Å². The van der Waals surface area contributed by atoms with Gasteiger partial charge in [-0.05, 0) is 37.0 Å². The van der Waals surface area contributed by atoms with Crippen molar-refractivity contribution in [2.24, 2.45) is 0 Å². The second-order valence-corrected chi connectivity index (χ2v) is 11.2. The molecule has 6 nitrogen and oxygen atoms in total. The highest BCUT2D eigenvalue weighted by molar-refractivity contribution is 7.98. The van der Waals surface area contributed by atoms with Gasteiger partial charge in [-0.25, -0.2) is 4.98 Å². The first-order chi connectivity index (χ1) is 17.6. The summed E-state index contributed by atoms with van der Waals surface area (Å²) in [4.78, 5) is 31.1. The summed E-state index contributed by atoms with van der Waals surface area (Å²) in [5.74, 6) is 0.592. The summed E-state index contributed by atoms with van der Waals surface area (Å²) < 4.78 is 3.39. The van der Waals surface area contributed by atoms with E-state index in [1.165, 1.54) is 42.4 Å². The molecule has 0 aliphatic heterocycles. The number of hydrogen-bond donors (Lipinski definition) is 1.